The Hall–Kier alpha value is -2.08. The summed E-state index contributed by atoms with van der Waals surface area (Å²) in [6, 6.07) is 14.3. The molecule has 0 unspecified atom stereocenters. The first kappa shape index (κ1) is 20.2. The van der Waals surface area contributed by atoms with Crippen molar-refractivity contribution in [2.75, 3.05) is 10.8 Å². The van der Waals surface area contributed by atoms with E-state index >= 15 is 0 Å². The van der Waals surface area contributed by atoms with Crippen LogP contribution in [-0.4, -0.2) is 19.9 Å². The van der Waals surface area contributed by atoms with E-state index in [0.717, 1.165) is 41.6 Å². The molecule has 4 rings (SSSR count). The summed E-state index contributed by atoms with van der Waals surface area (Å²) in [5.74, 6) is 0. The number of para-hydroxylation sites is 1. The van der Waals surface area contributed by atoms with Crippen molar-refractivity contribution < 1.29 is 8.42 Å². The Bertz CT molecular complexity index is 1180. The third-order valence-electron chi connectivity index (χ3n) is 5.21. The van der Waals surface area contributed by atoms with Gasteiger partial charge < -0.3 is 0 Å². The van der Waals surface area contributed by atoms with Crippen molar-refractivity contribution in [1.82, 2.24) is 4.98 Å². The molecular weight excluding hydrogens is 427 g/mol. The molecule has 2 heterocycles. The van der Waals surface area contributed by atoms with Crippen molar-refractivity contribution in [2.24, 2.45) is 0 Å². The Balaban J connectivity index is 1.83. The van der Waals surface area contributed by atoms with Gasteiger partial charge in [0.1, 0.15) is 5.15 Å². The number of aryl methyl sites for hydroxylation is 2. The topological polar surface area (TPSA) is 50.3 Å². The maximum Gasteiger partial charge on any atom is 0.264 e. The number of fused-ring (bicyclic) bond motifs is 1. The molecule has 0 amide bonds. The molecule has 7 heteroatoms. The first-order chi connectivity index (χ1) is 13.9. The number of benzene rings is 2. The van der Waals surface area contributed by atoms with Crippen LogP contribution in [0.1, 0.15) is 24.0 Å². The predicted octanol–water partition coefficient (Wildman–Crippen LogP) is 5.90. The quantitative estimate of drug-likeness (QED) is 0.470. The number of hydrogen-bond acceptors (Lipinski definition) is 3. The van der Waals surface area contributed by atoms with Gasteiger partial charge in [-0.15, -0.1) is 0 Å². The normalized spacial score (nSPS) is 14.4. The lowest BCUT2D eigenvalue weighted by molar-refractivity contribution is 0.589. The summed E-state index contributed by atoms with van der Waals surface area (Å²) < 4.78 is 28.7. The van der Waals surface area contributed by atoms with Crippen LogP contribution < -0.4 is 4.31 Å². The first-order valence-electron chi connectivity index (χ1n) is 9.40. The summed E-state index contributed by atoms with van der Waals surface area (Å²) in [5.41, 5.74) is 4.07. The molecule has 29 heavy (non-hydrogen) atoms. The highest BCUT2D eigenvalue weighted by atomic mass is 35.5. The van der Waals surface area contributed by atoms with Crippen LogP contribution in [-0.2, 0) is 16.4 Å². The van der Waals surface area contributed by atoms with Crippen molar-refractivity contribution >= 4 is 38.9 Å². The van der Waals surface area contributed by atoms with Crippen molar-refractivity contribution in [2.45, 2.75) is 31.1 Å². The Morgan fingerprint density at radius 1 is 1.00 bits per heavy atom. The highest BCUT2D eigenvalue weighted by Crippen LogP contribution is 2.36. The fraction of sp³-hybridized carbons (Fsp3) is 0.227. The molecule has 0 saturated carbocycles. The molecular formula is C22H20Cl2N2O2S. The molecule has 0 fully saturated rings. The van der Waals surface area contributed by atoms with Crippen molar-refractivity contribution in [1.29, 1.82) is 0 Å². The molecule has 1 aliphatic heterocycles. The summed E-state index contributed by atoms with van der Waals surface area (Å²) in [7, 11) is -3.74. The second-order valence-corrected chi connectivity index (χ2v) is 9.78. The first-order valence-corrected chi connectivity index (χ1v) is 11.6. The molecule has 0 radical (unpaired) electrons. The molecule has 0 aliphatic carbocycles. The van der Waals surface area contributed by atoms with E-state index in [1.807, 2.05) is 31.2 Å². The SMILES string of the molecule is Cc1cc(Cl)ncc1-c1cc(S(=O)(=O)N2CCCCc3ccccc32)ccc1Cl. The lowest BCUT2D eigenvalue weighted by Gasteiger charge is -2.25. The van der Waals surface area contributed by atoms with Gasteiger partial charge >= 0.3 is 0 Å². The summed E-state index contributed by atoms with van der Waals surface area (Å²) in [4.78, 5) is 4.34. The number of aromatic nitrogens is 1. The van der Waals surface area contributed by atoms with Gasteiger partial charge in [-0.25, -0.2) is 13.4 Å². The molecule has 4 nitrogen and oxygen atoms in total. The standard InChI is InChI=1S/C22H20Cl2N2O2S/c1-15-12-22(24)25-14-19(15)18-13-17(9-10-20(18)23)29(27,28)26-11-5-4-7-16-6-2-3-8-21(16)26/h2-3,6,8-10,12-14H,4-5,7,11H2,1H3. The summed E-state index contributed by atoms with van der Waals surface area (Å²) in [6.45, 7) is 2.35. The zero-order valence-electron chi connectivity index (χ0n) is 15.9. The van der Waals surface area contributed by atoms with Gasteiger partial charge in [0.25, 0.3) is 10.0 Å². The highest BCUT2D eigenvalue weighted by Gasteiger charge is 2.28. The van der Waals surface area contributed by atoms with Gasteiger partial charge in [-0.05, 0) is 67.6 Å². The van der Waals surface area contributed by atoms with E-state index in [9.17, 15) is 8.42 Å². The van der Waals surface area contributed by atoms with E-state index in [-0.39, 0.29) is 4.90 Å². The van der Waals surface area contributed by atoms with Crippen molar-refractivity contribution in [3.63, 3.8) is 0 Å². The van der Waals surface area contributed by atoms with E-state index < -0.39 is 10.0 Å². The monoisotopic (exact) mass is 446 g/mol. The number of halogens is 2. The van der Waals surface area contributed by atoms with Gasteiger partial charge in [0.05, 0.1) is 10.6 Å². The fourth-order valence-corrected chi connectivity index (χ4v) is 5.71. The minimum Gasteiger partial charge on any atom is -0.266 e. The summed E-state index contributed by atoms with van der Waals surface area (Å²) in [6.07, 6.45) is 4.28. The minimum absolute atomic E-state index is 0.211. The Morgan fingerprint density at radius 2 is 1.79 bits per heavy atom. The van der Waals surface area contributed by atoms with Crippen LogP contribution in [0, 0.1) is 6.92 Å². The van der Waals surface area contributed by atoms with Gasteiger partial charge in [-0.1, -0.05) is 41.4 Å². The molecule has 0 spiro atoms. The van der Waals surface area contributed by atoms with Crippen LogP contribution in [0.25, 0.3) is 11.1 Å². The van der Waals surface area contributed by atoms with E-state index in [1.54, 1.807) is 30.5 Å². The van der Waals surface area contributed by atoms with Crippen LogP contribution in [0.15, 0.2) is 59.6 Å². The average Bonchev–Trinajstić information content (AvgIpc) is 2.92. The zero-order valence-corrected chi connectivity index (χ0v) is 18.2. The van der Waals surface area contributed by atoms with Crippen LogP contribution in [0.3, 0.4) is 0 Å². The number of rotatable bonds is 3. The smallest absolute Gasteiger partial charge is 0.264 e. The van der Waals surface area contributed by atoms with Gasteiger partial charge in [0, 0.05) is 28.9 Å². The molecule has 1 aromatic heterocycles. The molecule has 0 atom stereocenters. The maximum absolute atomic E-state index is 13.6. The lowest BCUT2D eigenvalue weighted by Crippen LogP contribution is -2.31. The summed E-state index contributed by atoms with van der Waals surface area (Å²) in [5, 5.41) is 0.847. The van der Waals surface area contributed by atoms with Crippen LogP contribution in [0.4, 0.5) is 5.69 Å². The second-order valence-electron chi connectivity index (χ2n) is 7.13. The highest BCUT2D eigenvalue weighted by molar-refractivity contribution is 7.92. The van der Waals surface area contributed by atoms with E-state index in [4.69, 9.17) is 23.2 Å². The lowest BCUT2D eigenvalue weighted by atomic mass is 10.0. The van der Waals surface area contributed by atoms with Gasteiger partial charge in [-0.3, -0.25) is 4.31 Å². The van der Waals surface area contributed by atoms with Crippen LogP contribution >= 0.6 is 23.2 Å². The average molecular weight is 447 g/mol. The molecule has 0 saturated heterocycles. The Morgan fingerprint density at radius 3 is 2.59 bits per heavy atom. The minimum atomic E-state index is -3.74. The second kappa shape index (κ2) is 7.98. The van der Waals surface area contributed by atoms with Gasteiger partial charge in [0.15, 0.2) is 0 Å². The van der Waals surface area contributed by atoms with E-state index in [1.165, 1.54) is 4.31 Å². The number of pyridine rings is 1. The van der Waals surface area contributed by atoms with Crippen molar-refractivity contribution in [3.05, 3.63) is 76.0 Å². The molecule has 0 bridgehead atoms. The maximum atomic E-state index is 13.6. The van der Waals surface area contributed by atoms with Gasteiger partial charge in [-0.2, -0.15) is 0 Å². The number of hydrogen-bond donors (Lipinski definition) is 0. The molecule has 3 aromatic rings. The number of nitrogens with zero attached hydrogens (tertiary/aromatic N) is 2. The van der Waals surface area contributed by atoms with Gasteiger partial charge in [0.2, 0.25) is 0 Å². The van der Waals surface area contributed by atoms with Crippen LogP contribution in [0.2, 0.25) is 10.2 Å². The third-order valence-corrected chi connectivity index (χ3v) is 7.56. The number of sulfonamides is 1. The molecule has 0 N–H and O–H groups in total. The fourth-order valence-electron chi connectivity index (χ4n) is 3.71. The predicted molar refractivity (Wildman–Crippen MR) is 118 cm³/mol. The third kappa shape index (κ3) is 3.87. The molecule has 150 valence electrons. The van der Waals surface area contributed by atoms with Crippen LogP contribution in [0.5, 0.6) is 0 Å². The van der Waals surface area contributed by atoms with E-state index in [0.29, 0.717) is 22.3 Å². The molecule has 1 aliphatic rings. The Labute approximate surface area is 181 Å². The van der Waals surface area contributed by atoms with Crippen molar-refractivity contribution in [3.8, 4) is 11.1 Å². The summed E-state index contributed by atoms with van der Waals surface area (Å²) >= 11 is 12.4. The number of anilines is 1. The zero-order chi connectivity index (χ0) is 20.6. The molecule has 2 aromatic carbocycles. The Kier molecular flexibility index (Phi) is 5.56. The van der Waals surface area contributed by atoms with E-state index in [2.05, 4.69) is 4.98 Å². The largest absolute Gasteiger partial charge is 0.266 e.